The molecule has 1 aliphatic carbocycles. The molecule has 0 aromatic heterocycles. The predicted molar refractivity (Wildman–Crippen MR) is 82.8 cm³/mol. The summed E-state index contributed by atoms with van der Waals surface area (Å²) in [6.45, 7) is 1.06. The third-order valence-corrected chi connectivity index (χ3v) is 6.56. The fraction of sp³-hybridized carbons (Fsp3) is 0.500. The summed E-state index contributed by atoms with van der Waals surface area (Å²) in [6, 6.07) is 9.34. The number of hydrogen-bond acceptors (Lipinski definition) is 5. The van der Waals surface area contributed by atoms with Crippen molar-refractivity contribution in [2.45, 2.75) is 35.6 Å². The Balaban J connectivity index is 1.29. The monoisotopic (exact) mass is 318 g/mol. The standard InChI is InChI=1S/C16H18N2O3S/c17-12-13(19)18-9-16(22-14(12)18)6-11(7-16)15(20)21-8-10-4-2-1-3-5-10/h1-5,11-12,14H,6-9,17H2/t11?,12?,14-,16?/m1/s1. The largest absolute Gasteiger partial charge is 0.461 e. The van der Waals surface area contributed by atoms with E-state index in [0.29, 0.717) is 6.61 Å². The molecule has 6 heteroatoms. The van der Waals surface area contributed by atoms with Crippen LogP contribution in [-0.4, -0.2) is 39.5 Å². The van der Waals surface area contributed by atoms with Gasteiger partial charge < -0.3 is 15.4 Å². The Labute approximate surface area is 133 Å². The van der Waals surface area contributed by atoms with E-state index in [-0.39, 0.29) is 34.0 Å². The topological polar surface area (TPSA) is 72.6 Å². The predicted octanol–water partition coefficient (Wildman–Crippen LogP) is 1.12. The van der Waals surface area contributed by atoms with Crippen LogP contribution in [0.1, 0.15) is 18.4 Å². The third kappa shape index (κ3) is 2.13. The van der Waals surface area contributed by atoms with Crippen molar-refractivity contribution in [2.75, 3.05) is 6.54 Å². The number of carbonyl (C=O) groups excluding carboxylic acids is 2. The number of carbonyl (C=O) groups is 2. The van der Waals surface area contributed by atoms with Crippen LogP contribution < -0.4 is 5.73 Å². The Morgan fingerprint density at radius 1 is 1.36 bits per heavy atom. The summed E-state index contributed by atoms with van der Waals surface area (Å²) in [5.41, 5.74) is 6.81. The van der Waals surface area contributed by atoms with E-state index in [1.807, 2.05) is 35.2 Å². The van der Waals surface area contributed by atoms with Gasteiger partial charge in [-0.2, -0.15) is 0 Å². The van der Waals surface area contributed by atoms with Gasteiger partial charge in [0.05, 0.1) is 5.92 Å². The Bertz CT molecular complexity index is 615. The smallest absolute Gasteiger partial charge is 0.309 e. The van der Waals surface area contributed by atoms with Crippen LogP contribution in [0.4, 0.5) is 0 Å². The number of β-lactam (4-membered cyclic amide) rings is 1. The Kier molecular flexibility index (Phi) is 3.20. The van der Waals surface area contributed by atoms with Gasteiger partial charge in [-0.3, -0.25) is 9.59 Å². The van der Waals surface area contributed by atoms with Crippen molar-refractivity contribution in [1.82, 2.24) is 4.90 Å². The van der Waals surface area contributed by atoms with Crippen molar-refractivity contribution in [1.29, 1.82) is 0 Å². The maximum atomic E-state index is 12.1. The number of thioether (sulfide) groups is 1. The van der Waals surface area contributed by atoms with Crippen LogP contribution >= 0.6 is 11.8 Å². The van der Waals surface area contributed by atoms with Crippen LogP contribution in [0.2, 0.25) is 0 Å². The van der Waals surface area contributed by atoms with Gasteiger partial charge in [0.1, 0.15) is 18.0 Å². The Morgan fingerprint density at radius 3 is 2.77 bits per heavy atom. The lowest BCUT2D eigenvalue weighted by atomic mass is 9.73. The highest BCUT2D eigenvalue weighted by Crippen LogP contribution is 2.58. The van der Waals surface area contributed by atoms with Gasteiger partial charge in [-0.15, -0.1) is 11.8 Å². The molecule has 2 atom stereocenters. The molecule has 5 nitrogen and oxygen atoms in total. The second-order valence-corrected chi connectivity index (χ2v) is 7.97. The lowest BCUT2D eigenvalue weighted by Crippen LogP contribution is -2.64. The number of rotatable bonds is 3. The average Bonchev–Trinajstić information content (AvgIpc) is 2.89. The lowest BCUT2D eigenvalue weighted by molar-refractivity contribution is -0.154. The molecule has 1 unspecified atom stereocenters. The lowest BCUT2D eigenvalue weighted by Gasteiger charge is -2.42. The molecule has 3 fully saturated rings. The van der Waals surface area contributed by atoms with Crippen LogP contribution in [0, 0.1) is 5.92 Å². The zero-order valence-electron chi connectivity index (χ0n) is 12.1. The van der Waals surface area contributed by atoms with Gasteiger partial charge in [-0.25, -0.2) is 0 Å². The number of nitrogens with two attached hydrogens (primary N) is 1. The number of amides is 1. The fourth-order valence-electron chi connectivity index (χ4n) is 3.54. The summed E-state index contributed by atoms with van der Waals surface area (Å²) in [5.74, 6) is -0.120. The first-order valence-electron chi connectivity index (χ1n) is 7.52. The minimum Gasteiger partial charge on any atom is -0.461 e. The van der Waals surface area contributed by atoms with E-state index in [2.05, 4.69) is 0 Å². The molecule has 2 saturated heterocycles. The molecule has 1 aromatic rings. The molecule has 1 saturated carbocycles. The summed E-state index contributed by atoms with van der Waals surface area (Å²) < 4.78 is 5.43. The van der Waals surface area contributed by atoms with Gasteiger partial charge in [-0.05, 0) is 18.4 Å². The molecule has 22 heavy (non-hydrogen) atoms. The summed E-state index contributed by atoms with van der Waals surface area (Å²) >= 11 is 1.77. The van der Waals surface area contributed by atoms with E-state index < -0.39 is 0 Å². The van der Waals surface area contributed by atoms with Crippen molar-refractivity contribution in [2.24, 2.45) is 11.7 Å². The van der Waals surface area contributed by atoms with Crippen molar-refractivity contribution in [3.05, 3.63) is 35.9 Å². The molecule has 2 N–H and O–H groups in total. The van der Waals surface area contributed by atoms with Crippen molar-refractivity contribution in [3.8, 4) is 0 Å². The first-order chi connectivity index (χ1) is 10.6. The van der Waals surface area contributed by atoms with Crippen molar-refractivity contribution < 1.29 is 14.3 Å². The number of benzene rings is 1. The van der Waals surface area contributed by atoms with Crippen LogP contribution in [0.25, 0.3) is 0 Å². The zero-order valence-corrected chi connectivity index (χ0v) is 12.9. The molecule has 0 bridgehead atoms. The Morgan fingerprint density at radius 2 is 2.09 bits per heavy atom. The second kappa shape index (κ2) is 4.99. The van der Waals surface area contributed by atoms with E-state index >= 15 is 0 Å². The zero-order chi connectivity index (χ0) is 15.3. The normalized spacial score (nSPS) is 35.8. The maximum Gasteiger partial charge on any atom is 0.309 e. The molecule has 2 aliphatic heterocycles. The number of ether oxygens (including phenoxy) is 1. The van der Waals surface area contributed by atoms with E-state index in [9.17, 15) is 9.59 Å². The minimum atomic E-state index is -0.353. The molecular formula is C16H18N2O3S. The van der Waals surface area contributed by atoms with Gasteiger partial charge in [0.15, 0.2) is 0 Å². The van der Waals surface area contributed by atoms with E-state index in [0.717, 1.165) is 24.9 Å². The number of nitrogens with zero attached hydrogens (tertiary/aromatic N) is 1. The molecule has 2 heterocycles. The van der Waals surface area contributed by atoms with Gasteiger partial charge in [0.25, 0.3) is 0 Å². The summed E-state index contributed by atoms with van der Waals surface area (Å²) in [5, 5.41) is 0.119. The Hall–Kier alpha value is -1.53. The van der Waals surface area contributed by atoms with Crippen LogP contribution in [0.15, 0.2) is 30.3 Å². The number of hydrogen-bond donors (Lipinski definition) is 1. The third-order valence-electron chi connectivity index (χ3n) is 4.81. The minimum absolute atomic E-state index is 0.0326. The highest BCUT2D eigenvalue weighted by atomic mass is 32.2. The van der Waals surface area contributed by atoms with Crippen LogP contribution in [0.5, 0.6) is 0 Å². The number of fused-ring (bicyclic) bond motifs is 1. The molecule has 3 aliphatic rings. The first kappa shape index (κ1) is 14.1. The number of esters is 1. The van der Waals surface area contributed by atoms with Gasteiger partial charge >= 0.3 is 5.97 Å². The van der Waals surface area contributed by atoms with Gasteiger partial charge in [0.2, 0.25) is 5.91 Å². The highest BCUT2D eigenvalue weighted by Gasteiger charge is 2.62. The molecule has 1 aromatic carbocycles. The van der Waals surface area contributed by atoms with E-state index in [1.165, 1.54) is 0 Å². The summed E-state index contributed by atoms with van der Waals surface area (Å²) in [6.07, 6.45) is 1.58. The summed E-state index contributed by atoms with van der Waals surface area (Å²) in [7, 11) is 0. The molecule has 116 valence electrons. The molecular weight excluding hydrogens is 300 g/mol. The summed E-state index contributed by atoms with van der Waals surface area (Å²) in [4.78, 5) is 25.6. The first-order valence-corrected chi connectivity index (χ1v) is 8.40. The quantitative estimate of drug-likeness (QED) is 0.668. The second-order valence-electron chi connectivity index (χ2n) is 6.38. The molecule has 1 amide bonds. The van der Waals surface area contributed by atoms with Gasteiger partial charge in [0, 0.05) is 11.3 Å². The average molecular weight is 318 g/mol. The highest BCUT2D eigenvalue weighted by molar-refractivity contribution is 8.01. The SMILES string of the molecule is NC1C(=O)N2CC3(CC(C(=O)OCc4ccccc4)C3)S[C@H]12. The van der Waals surface area contributed by atoms with Gasteiger partial charge in [-0.1, -0.05) is 30.3 Å². The van der Waals surface area contributed by atoms with Crippen molar-refractivity contribution >= 4 is 23.6 Å². The van der Waals surface area contributed by atoms with E-state index in [1.54, 1.807) is 11.8 Å². The fourth-order valence-corrected chi connectivity index (χ4v) is 5.43. The molecule has 0 radical (unpaired) electrons. The van der Waals surface area contributed by atoms with E-state index in [4.69, 9.17) is 10.5 Å². The van der Waals surface area contributed by atoms with Crippen LogP contribution in [-0.2, 0) is 20.9 Å². The molecule has 1 spiro atoms. The molecule has 4 rings (SSSR count). The van der Waals surface area contributed by atoms with Crippen molar-refractivity contribution in [3.63, 3.8) is 0 Å². The maximum absolute atomic E-state index is 12.1. The van der Waals surface area contributed by atoms with Crippen LogP contribution in [0.3, 0.4) is 0 Å².